The standard InChI is InChI=1S/C14H19ClN2O2S/c1-11-9-16-10-12(2)17(11)20(18,19)8-7-13-3-5-14(15)6-4-13/h3-8,11-12,16H,9-10H2,1-2H3. The molecule has 0 spiro atoms. The van der Waals surface area contributed by atoms with E-state index in [1.807, 2.05) is 13.8 Å². The number of sulfonamides is 1. The molecule has 0 amide bonds. The molecular weight excluding hydrogens is 296 g/mol. The summed E-state index contributed by atoms with van der Waals surface area (Å²) in [7, 11) is -3.41. The number of hydrogen-bond donors (Lipinski definition) is 1. The number of halogens is 1. The molecule has 4 nitrogen and oxygen atoms in total. The summed E-state index contributed by atoms with van der Waals surface area (Å²) in [6.45, 7) is 5.18. The van der Waals surface area contributed by atoms with Gasteiger partial charge in [0.1, 0.15) is 0 Å². The summed E-state index contributed by atoms with van der Waals surface area (Å²) >= 11 is 5.80. The van der Waals surface area contributed by atoms with Gasteiger partial charge in [0, 0.05) is 35.6 Å². The molecule has 2 rings (SSSR count). The highest BCUT2D eigenvalue weighted by molar-refractivity contribution is 7.92. The van der Waals surface area contributed by atoms with E-state index >= 15 is 0 Å². The second-order valence-electron chi connectivity index (χ2n) is 5.09. The van der Waals surface area contributed by atoms with Crippen LogP contribution < -0.4 is 5.32 Å². The molecule has 1 fully saturated rings. The van der Waals surface area contributed by atoms with Crippen molar-refractivity contribution in [2.45, 2.75) is 25.9 Å². The summed E-state index contributed by atoms with van der Waals surface area (Å²) in [6.07, 6.45) is 1.60. The number of benzene rings is 1. The minimum absolute atomic E-state index is 0.0429. The van der Waals surface area contributed by atoms with Crippen molar-refractivity contribution in [3.8, 4) is 0 Å². The Balaban J connectivity index is 2.19. The molecule has 1 aliphatic heterocycles. The summed E-state index contributed by atoms with van der Waals surface area (Å²) in [5, 5.41) is 5.13. The third kappa shape index (κ3) is 3.61. The van der Waals surface area contributed by atoms with Gasteiger partial charge in [0.15, 0.2) is 0 Å². The van der Waals surface area contributed by atoms with Gasteiger partial charge < -0.3 is 5.32 Å². The highest BCUT2D eigenvalue weighted by atomic mass is 35.5. The maximum absolute atomic E-state index is 12.4. The van der Waals surface area contributed by atoms with Crippen molar-refractivity contribution in [1.82, 2.24) is 9.62 Å². The number of hydrogen-bond acceptors (Lipinski definition) is 3. The second-order valence-corrected chi connectivity index (χ2v) is 7.25. The molecule has 0 aromatic heterocycles. The van der Waals surface area contributed by atoms with Gasteiger partial charge in [0.2, 0.25) is 10.0 Å². The van der Waals surface area contributed by atoms with Gasteiger partial charge in [-0.3, -0.25) is 0 Å². The molecule has 1 aromatic carbocycles. The fraction of sp³-hybridized carbons (Fsp3) is 0.429. The maximum Gasteiger partial charge on any atom is 0.236 e. The number of piperazine rings is 1. The van der Waals surface area contributed by atoms with Gasteiger partial charge in [-0.1, -0.05) is 23.7 Å². The van der Waals surface area contributed by atoms with Crippen molar-refractivity contribution in [3.63, 3.8) is 0 Å². The lowest BCUT2D eigenvalue weighted by Gasteiger charge is -2.37. The van der Waals surface area contributed by atoms with Crippen LogP contribution in [-0.2, 0) is 10.0 Å². The van der Waals surface area contributed by atoms with E-state index in [9.17, 15) is 8.42 Å². The number of nitrogens with one attached hydrogen (secondary N) is 1. The van der Waals surface area contributed by atoms with Gasteiger partial charge in [0.25, 0.3) is 0 Å². The van der Waals surface area contributed by atoms with Crippen molar-refractivity contribution in [3.05, 3.63) is 40.3 Å². The molecule has 0 radical (unpaired) electrons. The van der Waals surface area contributed by atoms with Gasteiger partial charge in [0.05, 0.1) is 0 Å². The van der Waals surface area contributed by atoms with E-state index in [4.69, 9.17) is 11.6 Å². The van der Waals surface area contributed by atoms with Crippen molar-refractivity contribution in [2.24, 2.45) is 0 Å². The Labute approximate surface area is 125 Å². The van der Waals surface area contributed by atoms with E-state index in [1.54, 1.807) is 34.6 Å². The molecule has 1 aliphatic rings. The van der Waals surface area contributed by atoms with Crippen LogP contribution in [0.15, 0.2) is 29.7 Å². The molecule has 6 heteroatoms. The molecule has 0 saturated carbocycles. The van der Waals surface area contributed by atoms with Crippen LogP contribution in [0.1, 0.15) is 19.4 Å². The van der Waals surface area contributed by atoms with Crippen LogP contribution in [0.25, 0.3) is 6.08 Å². The topological polar surface area (TPSA) is 49.4 Å². The maximum atomic E-state index is 12.4. The first-order valence-corrected chi connectivity index (χ1v) is 8.46. The smallest absolute Gasteiger partial charge is 0.236 e. The van der Waals surface area contributed by atoms with Crippen molar-refractivity contribution in [1.29, 1.82) is 0 Å². The Morgan fingerprint density at radius 2 is 1.75 bits per heavy atom. The quantitative estimate of drug-likeness (QED) is 0.931. The Morgan fingerprint density at radius 1 is 1.20 bits per heavy atom. The van der Waals surface area contributed by atoms with Crippen LogP contribution in [0.2, 0.25) is 5.02 Å². The molecule has 110 valence electrons. The molecule has 1 saturated heterocycles. The van der Waals surface area contributed by atoms with Crippen molar-refractivity contribution in [2.75, 3.05) is 13.1 Å². The van der Waals surface area contributed by atoms with Crippen LogP contribution in [0.3, 0.4) is 0 Å². The van der Waals surface area contributed by atoms with E-state index in [0.717, 1.165) is 5.56 Å². The summed E-state index contributed by atoms with van der Waals surface area (Å²) in [6, 6.07) is 6.98. The Morgan fingerprint density at radius 3 is 2.30 bits per heavy atom. The fourth-order valence-electron chi connectivity index (χ4n) is 2.43. The van der Waals surface area contributed by atoms with Crippen LogP contribution in [-0.4, -0.2) is 37.9 Å². The average molecular weight is 315 g/mol. The third-order valence-electron chi connectivity index (χ3n) is 3.34. The molecule has 20 heavy (non-hydrogen) atoms. The van der Waals surface area contributed by atoms with E-state index < -0.39 is 10.0 Å². The predicted octanol–water partition coefficient (Wildman–Crippen LogP) is 2.32. The molecule has 0 aliphatic carbocycles. The van der Waals surface area contributed by atoms with Crippen LogP contribution >= 0.6 is 11.6 Å². The summed E-state index contributed by atoms with van der Waals surface area (Å²) < 4.78 is 26.4. The van der Waals surface area contributed by atoms with E-state index in [2.05, 4.69) is 5.32 Å². The predicted molar refractivity (Wildman–Crippen MR) is 83.0 cm³/mol. The summed E-state index contributed by atoms with van der Waals surface area (Å²) in [5.74, 6) is 0. The minimum atomic E-state index is -3.41. The lowest BCUT2D eigenvalue weighted by Crippen LogP contribution is -2.56. The highest BCUT2D eigenvalue weighted by Gasteiger charge is 2.32. The zero-order valence-electron chi connectivity index (χ0n) is 11.6. The lowest BCUT2D eigenvalue weighted by molar-refractivity contribution is 0.222. The second kappa shape index (κ2) is 6.26. The first-order valence-electron chi connectivity index (χ1n) is 6.58. The molecule has 0 bridgehead atoms. The monoisotopic (exact) mass is 314 g/mol. The molecule has 2 atom stereocenters. The van der Waals surface area contributed by atoms with Crippen LogP contribution in [0.4, 0.5) is 0 Å². The van der Waals surface area contributed by atoms with Gasteiger partial charge in [-0.2, -0.15) is 4.31 Å². The molecule has 1 heterocycles. The highest BCUT2D eigenvalue weighted by Crippen LogP contribution is 2.18. The first kappa shape index (κ1) is 15.5. The van der Waals surface area contributed by atoms with Gasteiger partial charge >= 0.3 is 0 Å². The van der Waals surface area contributed by atoms with E-state index in [-0.39, 0.29) is 12.1 Å². The van der Waals surface area contributed by atoms with Gasteiger partial charge in [-0.05, 0) is 37.6 Å². The third-order valence-corrected chi connectivity index (χ3v) is 5.38. The van der Waals surface area contributed by atoms with Gasteiger partial charge in [-0.15, -0.1) is 0 Å². The van der Waals surface area contributed by atoms with E-state index in [0.29, 0.717) is 18.1 Å². The Bertz CT molecular complexity index is 574. The molecule has 1 aromatic rings. The van der Waals surface area contributed by atoms with Crippen molar-refractivity contribution >= 4 is 27.7 Å². The lowest BCUT2D eigenvalue weighted by atomic mass is 10.2. The zero-order valence-corrected chi connectivity index (χ0v) is 13.2. The van der Waals surface area contributed by atoms with Crippen molar-refractivity contribution < 1.29 is 8.42 Å². The zero-order chi connectivity index (χ0) is 14.8. The normalized spacial score (nSPS) is 25.1. The fourth-order valence-corrected chi connectivity index (χ4v) is 4.17. The van der Waals surface area contributed by atoms with Crippen LogP contribution in [0, 0.1) is 0 Å². The average Bonchev–Trinajstić information content (AvgIpc) is 2.37. The summed E-state index contributed by atoms with van der Waals surface area (Å²) in [5.41, 5.74) is 0.813. The first-order chi connectivity index (χ1) is 9.40. The molecule has 2 unspecified atom stereocenters. The number of nitrogens with zero attached hydrogens (tertiary/aromatic N) is 1. The van der Waals surface area contributed by atoms with Gasteiger partial charge in [-0.25, -0.2) is 8.42 Å². The number of rotatable bonds is 3. The molecular formula is C14H19ClN2O2S. The van der Waals surface area contributed by atoms with Crippen LogP contribution in [0.5, 0.6) is 0 Å². The summed E-state index contributed by atoms with van der Waals surface area (Å²) in [4.78, 5) is 0. The largest absolute Gasteiger partial charge is 0.314 e. The molecule has 1 N–H and O–H groups in total. The van der Waals surface area contributed by atoms with E-state index in [1.165, 1.54) is 5.41 Å². The minimum Gasteiger partial charge on any atom is -0.314 e. The SMILES string of the molecule is CC1CNCC(C)N1S(=O)(=O)C=Cc1ccc(Cl)cc1. The Kier molecular flexibility index (Phi) is 4.86. The Hall–Kier alpha value is -0.880.